The zero-order valence-corrected chi connectivity index (χ0v) is 26.3. The Morgan fingerprint density at radius 1 is 0.632 bits per heavy atom. The normalized spacial score (nSPS) is 37.2. The highest BCUT2D eigenvalue weighted by atomic mass is 28.3. The van der Waals surface area contributed by atoms with Crippen molar-refractivity contribution in [1.82, 2.24) is 9.97 Å². The van der Waals surface area contributed by atoms with Gasteiger partial charge in [0.2, 0.25) is 0 Å². The molecule has 4 fully saturated rings. The quantitative estimate of drug-likeness (QED) is 0.369. The van der Waals surface area contributed by atoms with Crippen molar-refractivity contribution < 1.29 is 0 Å². The molecule has 2 nitrogen and oxygen atoms in total. The molecule has 3 heteroatoms. The largest absolute Gasteiger partial charge is 0.258 e. The topological polar surface area (TPSA) is 25.8 Å². The molecule has 0 spiro atoms. The zero-order chi connectivity index (χ0) is 26.8. The molecule has 0 amide bonds. The molecule has 0 N–H and O–H groups in total. The third-order valence-corrected chi connectivity index (χ3v) is 17.9. The van der Waals surface area contributed by atoms with E-state index in [-0.39, 0.29) is 0 Å². The summed E-state index contributed by atoms with van der Waals surface area (Å²) >= 11 is 0. The first kappa shape index (κ1) is 26.7. The highest BCUT2D eigenvalue weighted by molar-refractivity contribution is 6.80. The number of fused-ring (bicyclic) bond motifs is 2. The second kappa shape index (κ2) is 10.2. The smallest absolute Gasteiger partial charge is 0.0544 e. The fourth-order valence-corrected chi connectivity index (χ4v) is 16.8. The molecule has 9 atom stereocenters. The van der Waals surface area contributed by atoms with Gasteiger partial charge in [0.15, 0.2) is 0 Å². The van der Waals surface area contributed by atoms with E-state index in [4.69, 9.17) is 9.97 Å². The Morgan fingerprint density at radius 2 is 1.18 bits per heavy atom. The molecule has 4 aliphatic carbocycles. The molecule has 6 rings (SSSR count). The molecule has 2 heterocycles. The lowest BCUT2D eigenvalue weighted by Gasteiger charge is -2.47. The molecule has 206 valence electrons. The Kier molecular flexibility index (Phi) is 7.15. The van der Waals surface area contributed by atoms with Crippen molar-refractivity contribution in [2.75, 3.05) is 0 Å². The van der Waals surface area contributed by atoms with Crippen LogP contribution in [0.2, 0.25) is 24.2 Å². The number of aryl methyl sites for hydroxylation is 4. The summed E-state index contributed by atoms with van der Waals surface area (Å²) in [6, 6.07) is 9.41. The van der Waals surface area contributed by atoms with Crippen molar-refractivity contribution in [1.29, 1.82) is 0 Å². The molecule has 0 radical (unpaired) electrons. The molecule has 0 bridgehead atoms. The SMILES string of the molecule is Cc1ccc(C2CCCC3C2CCC3[Si](C)(C)C2C(C)CC3C(c4ccc(C)c(C)n4)CCCC32)nc1C. The third-order valence-electron chi connectivity index (χ3n) is 12.6. The maximum atomic E-state index is 5.15. The van der Waals surface area contributed by atoms with Crippen LogP contribution < -0.4 is 0 Å². The van der Waals surface area contributed by atoms with Crippen LogP contribution >= 0.6 is 0 Å². The molecule has 0 aromatic carbocycles. The van der Waals surface area contributed by atoms with Crippen LogP contribution in [0.4, 0.5) is 0 Å². The van der Waals surface area contributed by atoms with E-state index >= 15 is 0 Å². The fourth-order valence-electron chi connectivity index (χ4n) is 10.8. The first-order valence-corrected chi connectivity index (χ1v) is 19.2. The van der Waals surface area contributed by atoms with E-state index in [1.807, 2.05) is 0 Å². The van der Waals surface area contributed by atoms with Crippen molar-refractivity contribution in [3.63, 3.8) is 0 Å². The average molecular weight is 529 g/mol. The third kappa shape index (κ3) is 4.43. The van der Waals surface area contributed by atoms with E-state index in [1.54, 1.807) is 0 Å². The fraction of sp³-hybridized carbons (Fsp3) is 0.714. The summed E-state index contributed by atoms with van der Waals surface area (Å²) in [6.45, 7) is 17.2. The number of nitrogens with zero attached hydrogens (tertiary/aromatic N) is 2. The van der Waals surface area contributed by atoms with Crippen LogP contribution in [-0.2, 0) is 0 Å². The highest BCUT2D eigenvalue weighted by Crippen LogP contribution is 2.65. The molecule has 2 aromatic heterocycles. The van der Waals surface area contributed by atoms with E-state index in [0.29, 0.717) is 11.8 Å². The minimum atomic E-state index is -1.46. The lowest BCUT2D eigenvalue weighted by atomic mass is 9.72. The van der Waals surface area contributed by atoms with Crippen LogP contribution in [0.3, 0.4) is 0 Å². The standard InChI is InChI=1S/C35H52N2Si/c1-21-14-17-32(36-24(21)4)27-10-8-12-29-26(27)16-19-34(29)38(6,7)35-23(3)20-31-28(11-9-13-30(31)35)33-18-15-22(2)25(5)37-33/h14-15,17-18,23,26-31,34-35H,8-13,16,19-20H2,1-7H3. The Hall–Kier alpha value is -1.48. The summed E-state index contributed by atoms with van der Waals surface area (Å²) in [5, 5.41) is 0. The van der Waals surface area contributed by atoms with Gasteiger partial charge in [0, 0.05) is 34.6 Å². The van der Waals surface area contributed by atoms with Gasteiger partial charge in [-0.05, 0) is 117 Å². The van der Waals surface area contributed by atoms with Gasteiger partial charge < -0.3 is 0 Å². The summed E-state index contributed by atoms with van der Waals surface area (Å²) in [5.74, 6) is 5.91. The minimum Gasteiger partial charge on any atom is -0.258 e. The van der Waals surface area contributed by atoms with Gasteiger partial charge in [0.05, 0.1) is 8.07 Å². The predicted octanol–water partition coefficient (Wildman–Crippen LogP) is 9.69. The van der Waals surface area contributed by atoms with Gasteiger partial charge in [-0.3, -0.25) is 9.97 Å². The van der Waals surface area contributed by atoms with Crippen molar-refractivity contribution in [2.24, 2.45) is 29.6 Å². The van der Waals surface area contributed by atoms with Gasteiger partial charge in [-0.25, -0.2) is 0 Å². The molecule has 0 aliphatic heterocycles. The van der Waals surface area contributed by atoms with Crippen LogP contribution in [0, 0.1) is 57.3 Å². The van der Waals surface area contributed by atoms with Crippen molar-refractivity contribution in [3.05, 3.63) is 58.2 Å². The molecular weight excluding hydrogens is 476 g/mol. The maximum absolute atomic E-state index is 5.15. The van der Waals surface area contributed by atoms with E-state index in [2.05, 4.69) is 72.0 Å². The van der Waals surface area contributed by atoms with Gasteiger partial charge in [0.1, 0.15) is 0 Å². The van der Waals surface area contributed by atoms with Crippen LogP contribution in [0.1, 0.15) is 110 Å². The summed E-state index contributed by atoms with van der Waals surface area (Å²) in [7, 11) is -1.46. The second-order valence-corrected chi connectivity index (χ2v) is 19.8. The van der Waals surface area contributed by atoms with Crippen LogP contribution in [0.5, 0.6) is 0 Å². The molecule has 2 aromatic rings. The Bertz CT molecular complexity index is 1170. The minimum absolute atomic E-state index is 0.691. The molecule has 0 saturated heterocycles. The maximum Gasteiger partial charge on any atom is 0.0544 e. The van der Waals surface area contributed by atoms with Gasteiger partial charge in [-0.1, -0.05) is 64.3 Å². The number of aromatic nitrogens is 2. The first-order chi connectivity index (χ1) is 18.2. The predicted molar refractivity (Wildman–Crippen MR) is 163 cm³/mol. The average Bonchev–Trinajstić information content (AvgIpc) is 3.48. The van der Waals surface area contributed by atoms with E-state index in [1.165, 1.54) is 91.7 Å². The van der Waals surface area contributed by atoms with Gasteiger partial charge in [-0.2, -0.15) is 0 Å². The number of rotatable bonds is 4. The van der Waals surface area contributed by atoms with Gasteiger partial charge >= 0.3 is 0 Å². The summed E-state index contributed by atoms with van der Waals surface area (Å²) in [4.78, 5) is 10.3. The number of pyridine rings is 2. The lowest BCUT2D eigenvalue weighted by Crippen LogP contribution is -2.45. The molecular formula is C35H52N2Si. The lowest BCUT2D eigenvalue weighted by molar-refractivity contribution is 0.223. The van der Waals surface area contributed by atoms with E-state index in [0.717, 1.165) is 40.7 Å². The molecule has 4 aliphatic rings. The Balaban J connectivity index is 1.25. The van der Waals surface area contributed by atoms with E-state index < -0.39 is 8.07 Å². The van der Waals surface area contributed by atoms with Crippen LogP contribution in [0.15, 0.2) is 24.3 Å². The first-order valence-electron chi connectivity index (χ1n) is 16.0. The Labute approximate surface area is 233 Å². The summed E-state index contributed by atoms with van der Waals surface area (Å²) < 4.78 is 0. The van der Waals surface area contributed by atoms with Crippen LogP contribution in [-0.4, -0.2) is 18.0 Å². The zero-order valence-electron chi connectivity index (χ0n) is 25.3. The van der Waals surface area contributed by atoms with E-state index in [9.17, 15) is 0 Å². The highest BCUT2D eigenvalue weighted by Gasteiger charge is 2.58. The van der Waals surface area contributed by atoms with Crippen LogP contribution in [0.25, 0.3) is 0 Å². The molecule has 9 unspecified atom stereocenters. The Morgan fingerprint density at radius 3 is 1.76 bits per heavy atom. The molecule has 38 heavy (non-hydrogen) atoms. The number of hydrogen-bond acceptors (Lipinski definition) is 2. The van der Waals surface area contributed by atoms with Crippen molar-refractivity contribution >= 4 is 8.07 Å². The second-order valence-electron chi connectivity index (χ2n) is 14.8. The van der Waals surface area contributed by atoms with Crippen molar-refractivity contribution in [3.8, 4) is 0 Å². The summed E-state index contributed by atoms with van der Waals surface area (Å²) in [5.41, 5.74) is 9.98. The van der Waals surface area contributed by atoms with Gasteiger partial charge in [-0.15, -0.1) is 0 Å². The number of hydrogen-bond donors (Lipinski definition) is 0. The van der Waals surface area contributed by atoms with Gasteiger partial charge in [0.25, 0.3) is 0 Å². The molecule has 4 saturated carbocycles. The summed E-state index contributed by atoms with van der Waals surface area (Å²) in [6.07, 6.45) is 12.9. The monoisotopic (exact) mass is 528 g/mol. The van der Waals surface area contributed by atoms with Crippen molar-refractivity contribution in [2.45, 2.75) is 128 Å².